The number of anilines is 1. The van der Waals surface area contributed by atoms with E-state index in [9.17, 15) is 4.79 Å². The number of nitrogens with one attached hydrogen (secondary N) is 1. The lowest BCUT2D eigenvalue weighted by Gasteiger charge is -2.32. The van der Waals surface area contributed by atoms with Crippen LogP contribution in [0.5, 0.6) is 0 Å². The van der Waals surface area contributed by atoms with Crippen LogP contribution in [0.2, 0.25) is 0 Å². The second-order valence-electron chi connectivity index (χ2n) is 7.09. The van der Waals surface area contributed by atoms with Gasteiger partial charge in [0.15, 0.2) is 0 Å². The summed E-state index contributed by atoms with van der Waals surface area (Å²) in [7, 11) is 1.71. The maximum atomic E-state index is 12.7. The number of aromatic nitrogens is 2. The number of rotatable bonds is 7. The van der Waals surface area contributed by atoms with Crippen LogP contribution in [0.3, 0.4) is 0 Å². The van der Waals surface area contributed by atoms with Gasteiger partial charge in [0.2, 0.25) is 0 Å². The molecule has 2 aromatic heterocycles. The number of ether oxygens (including phenoxy) is 1. The molecule has 1 N–H and O–H groups in total. The zero-order valence-corrected chi connectivity index (χ0v) is 16.1. The standard InChI is InChI=1S/C21H28N4O2/c1-16-5-3-7-19(24-16)10-11-22-20-9-8-18(13-23-20)21(26)25-12-4-6-17(14-25)15-27-2/h3,5,7-9,13,17H,4,6,10-12,14-15H2,1-2H3,(H,22,23)/t17-/m0/s1. The van der Waals surface area contributed by atoms with Gasteiger partial charge in [-0.25, -0.2) is 4.98 Å². The second kappa shape index (κ2) is 9.46. The van der Waals surface area contributed by atoms with Crippen LogP contribution in [0.1, 0.15) is 34.6 Å². The molecule has 1 aliphatic rings. The van der Waals surface area contributed by atoms with Crippen LogP contribution in [0, 0.1) is 12.8 Å². The molecular formula is C21H28N4O2. The van der Waals surface area contributed by atoms with Crippen LogP contribution in [-0.4, -0.2) is 54.1 Å². The topological polar surface area (TPSA) is 67.3 Å². The lowest BCUT2D eigenvalue weighted by molar-refractivity contribution is 0.0570. The van der Waals surface area contributed by atoms with E-state index in [2.05, 4.69) is 15.3 Å². The highest BCUT2D eigenvalue weighted by Crippen LogP contribution is 2.19. The first-order valence-electron chi connectivity index (χ1n) is 9.56. The Morgan fingerprint density at radius 2 is 2.22 bits per heavy atom. The zero-order chi connectivity index (χ0) is 19.1. The fraction of sp³-hybridized carbons (Fsp3) is 0.476. The Morgan fingerprint density at radius 1 is 1.33 bits per heavy atom. The summed E-state index contributed by atoms with van der Waals surface area (Å²) in [5.41, 5.74) is 2.72. The third-order valence-corrected chi connectivity index (χ3v) is 4.85. The van der Waals surface area contributed by atoms with Crippen molar-refractivity contribution in [2.24, 2.45) is 5.92 Å². The second-order valence-corrected chi connectivity index (χ2v) is 7.09. The van der Waals surface area contributed by atoms with Crippen LogP contribution in [0.15, 0.2) is 36.5 Å². The SMILES string of the molecule is COC[C@H]1CCCN(C(=O)c2ccc(NCCc3cccc(C)n3)nc2)C1. The van der Waals surface area contributed by atoms with E-state index >= 15 is 0 Å². The summed E-state index contributed by atoms with van der Waals surface area (Å²) in [6.45, 7) is 5.02. The molecule has 2 aromatic rings. The molecule has 144 valence electrons. The van der Waals surface area contributed by atoms with Gasteiger partial charge in [-0.3, -0.25) is 9.78 Å². The van der Waals surface area contributed by atoms with E-state index in [-0.39, 0.29) is 5.91 Å². The molecule has 0 bridgehead atoms. The summed E-state index contributed by atoms with van der Waals surface area (Å²) in [6.07, 6.45) is 4.64. The Labute approximate surface area is 161 Å². The minimum absolute atomic E-state index is 0.0545. The summed E-state index contributed by atoms with van der Waals surface area (Å²) in [5, 5.41) is 3.29. The molecule has 1 atom stereocenters. The molecule has 6 nitrogen and oxygen atoms in total. The van der Waals surface area contributed by atoms with Gasteiger partial charge in [-0.2, -0.15) is 0 Å². The van der Waals surface area contributed by atoms with Crippen molar-refractivity contribution in [3.8, 4) is 0 Å². The molecular weight excluding hydrogens is 340 g/mol. The van der Waals surface area contributed by atoms with Crippen LogP contribution in [-0.2, 0) is 11.2 Å². The average molecular weight is 368 g/mol. The quantitative estimate of drug-likeness (QED) is 0.814. The van der Waals surface area contributed by atoms with Crippen molar-refractivity contribution in [3.63, 3.8) is 0 Å². The van der Waals surface area contributed by atoms with E-state index in [1.54, 1.807) is 13.3 Å². The predicted molar refractivity (Wildman–Crippen MR) is 106 cm³/mol. The van der Waals surface area contributed by atoms with Crippen molar-refractivity contribution in [2.45, 2.75) is 26.2 Å². The molecule has 0 saturated carbocycles. The number of pyridine rings is 2. The van der Waals surface area contributed by atoms with Gasteiger partial charge in [0, 0.05) is 50.7 Å². The molecule has 0 aliphatic carbocycles. The highest BCUT2D eigenvalue weighted by Gasteiger charge is 2.24. The van der Waals surface area contributed by atoms with Crippen molar-refractivity contribution in [3.05, 3.63) is 53.5 Å². The van der Waals surface area contributed by atoms with Crippen molar-refractivity contribution < 1.29 is 9.53 Å². The maximum Gasteiger partial charge on any atom is 0.255 e. The highest BCUT2D eigenvalue weighted by atomic mass is 16.5. The summed E-state index contributed by atoms with van der Waals surface area (Å²) < 4.78 is 5.24. The molecule has 1 aliphatic heterocycles. The summed E-state index contributed by atoms with van der Waals surface area (Å²) in [6, 6.07) is 9.76. The first-order valence-corrected chi connectivity index (χ1v) is 9.56. The largest absolute Gasteiger partial charge is 0.384 e. The van der Waals surface area contributed by atoms with Crippen molar-refractivity contribution in [1.82, 2.24) is 14.9 Å². The fourth-order valence-electron chi connectivity index (χ4n) is 3.49. The number of hydrogen-bond acceptors (Lipinski definition) is 5. The molecule has 1 fully saturated rings. The lowest BCUT2D eigenvalue weighted by atomic mass is 9.98. The number of nitrogens with zero attached hydrogens (tertiary/aromatic N) is 3. The smallest absolute Gasteiger partial charge is 0.255 e. The molecule has 0 aromatic carbocycles. The van der Waals surface area contributed by atoms with Gasteiger partial charge in [-0.1, -0.05) is 6.07 Å². The third-order valence-electron chi connectivity index (χ3n) is 4.85. The number of carbonyl (C=O) groups is 1. The van der Waals surface area contributed by atoms with Gasteiger partial charge in [-0.15, -0.1) is 0 Å². The Balaban J connectivity index is 1.51. The van der Waals surface area contributed by atoms with Gasteiger partial charge in [0.1, 0.15) is 5.82 Å². The minimum atomic E-state index is 0.0545. The Kier molecular flexibility index (Phi) is 6.76. The number of likely N-dealkylation sites (tertiary alicyclic amines) is 1. The van der Waals surface area contributed by atoms with Crippen molar-refractivity contribution in [1.29, 1.82) is 0 Å². The monoisotopic (exact) mass is 368 g/mol. The van der Waals surface area contributed by atoms with Gasteiger partial charge in [0.05, 0.1) is 12.2 Å². The van der Waals surface area contributed by atoms with E-state index in [0.29, 0.717) is 18.1 Å². The van der Waals surface area contributed by atoms with E-state index in [1.807, 2.05) is 42.2 Å². The molecule has 1 saturated heterocycles. The number of carbonyl (C=O) groups excluding carboxylic acids is 1. The van der Waals surface area contributed by atoms with Crippen LogP contribution >= 0.6 is 0 Å². The van der Waals surface area contributed by atoms with Crippen molar-refractivity contribution in [2.75, 3.05) is 38.7 Å². The summed E-state index contributed by atoms with van der Waals surface area (Å²) >= 11 is 0. The number of aryl methyl sites for hydroxylation is 1. The predicted octanol–water partition coefficient (Wildman–Crippen LogP) is 2.94. The zero-order valence-electron chi connectivity index (χ0n) is 16.1. The molecule has 6 heteroatoms. The molecule has 3 heterocycles. The molecule has 0 radical (unpaired) electrons. The van der Waals surface area contributed by atoms with Gasteiger partial charge < -0.3 is 15.0 Å². The van der Waals surface area contributed by atoms with E-state index in [1.165, 1.54) is 0 Å². The van der Waals surface area contributed by atoms with Crippen LogP contribution in [0.25, 0.3) is 0 Å². The minimum Gasteiger partial charge on any atom is -0.384 e. The molecule has 1 amide bonds. The number of hydrogen-bond donors (Lipinski definition) is 1. The van der Waals surface area contributed by atoms with E-state index < -0.39 is 0 Å². The van der Waals surface area contributed by atoms with Gasteiger partial charge in [-0.05, 0) is 49.9 Å². The lowest BCUT2D eigenvalue weighted by Crippen LogP contribution is -2.41. The molecule has 27 heavy (non-hydrogen) atoms. The van der Waals surface area contributed by atoms with E-state index in [4.69, 9.17) is 4.74 Å². The highest BCUT2D eigenvalue weighted by molar-refractivity contribution is 5.94. The Hall–Kier alpha value is -2.47. The Bertz CT molecular complexity index is 746. The fourth-order valence-corrected chi connectivity index (χ4v) is 3.49. The van der Waals surface area contributed by atoms with Gasteiger partial charge in [0.25, 0.3) is 5.91 Å². The van der Waals surface area contributed by atoms with Crippen LogP contribution < -0.4 is 5.32 Å². The maximum absolute atomic E-state index is 12.7. The first kappa shape index (κ1) is 19.3. The average Bonchev–Trinajstić information content (AvgIpc) is 2.69. The van der Waals surface area contributed by atoms with Gasteiger partial charge >= 0.3 is 0 Å². The third kappa shape index (κ3) is 5.50. The number of amides is 1. The molecule has 3 rings (SSSR count). The first-order chi connectivity index (χ1) is 13.2. The van der Waals surface area contributed by atoms with E-state index in [0.717, 1.165) is 56.1 Å². The Morgan fingerprint density at radius 3 is 2.96 bits per heavy atom. The summed E-state index contributed by atoms with van der Waals surface area (Å²) in [4.78, 5) is 23.5. The van der Waals surface area contributed by atoms with Crippen molar-refractivity contribution >= 4 is 11.7 Å². The normalized spacial score (nSPS) is 17.0. The molecule has 0 spiro atoms. The summed E-state index contributed by atoms with van der Waals surface area (Å²) in [5.74, 6) is 1.26. The number of methoxy groups -OCH3 is 1. The molecule has 0 unspecified atom stereocenters. The van der Waals surface area contributed by atoms with Crippen LogP contribution in [0.4, 0.5) is 5.82 Å². The number of piperidine rings is 1.